The molecule has 4 heteroatoms. The summed E-state index contributed by atoms with van der Waals surface area (Å²) >= 11 is 0. The number of hydrogen-bond donors (Lipinski definition) is 1. The highest BCUT2D eigenvalue weighted by Crippen LogP contribution is 2.21. The molecule has 0 bridgehead atoms. The Labute approximate surface area is 114 Å². The fourth-order valence-corrected chi connectivity index (χ4v) is 2.09. The number of likely N-dealkylation sites (N-methyl/N-ethyl adjacent to an activating group) is 2. The topological polar surface area (TPSA) is 15.3 Å². The first-order valence-electron chi connectivity index (χ1n) is 6.88. The largest absolute Gasteiger partial charge is 0.309 e. The summed E-state index contributed by atoms with van der Waals surface area (Å²) in [4.78, 5) is 2.16. The molecular formula is C15H24F2N2. The molecule has 0 fully saturated rings. The van der Waals surface area contributed by atoms with Crippen LogP contribution in [0.1, 0.15) is 38.8 Å². The summed E-state index contributed by atoms with van der Waals surface area (Å²) in [5.74, 6) is -1.53. The van der Waals surface area contributed by atoms with E-state index in [4.69, 9.17) is 0 Å². The van der Waals surface area contributed by atoms with E-state index in [-0.39, 0.29) is 6.04 Å². The zero-order valence-corrected chi connectivity index (χ0v) is 12.2. The lowest BCUT2D eigenvalue weighted by Gasteiger charge is -2.29. The van der Waals surface area contributed by atoms with Gasteiger partial charge in [0.1, 0.15) is 0 Å². The normalized spacial score (nSPS) is 14.7. The van der Waals surface area contributed by atoms with Gasteiger partial charge in [-0.05, 0) is 33.0 Å². The molecule has 0 saturated carbocycles. The molecule has 108 valence electrons. The third-order valence-corrected chi connectivity index (χ3v) is 3.62. The molecule has 2 nitrogen and oxygen atoms in total. The highest BCUT2D eigenvalue weighted by molar-refractivity contribution is 5.23. The molecule has 0 aliphatic heterocycles. The monoisotopic (exact) mass is 270 g/mol. The van der Waals surface area contributed by atoms with Crippen LogP contribution in [0, 0.1) is 11.6 Å². The quantitative estimate of drug-likeness (QED) is 0.817. The van der Waals surface area contributed by atoms with Crippen LogP contribution in [0.25, 0.3) is 0 Å². The molecule has 0 aromatic heterocycles. The van der Waals surface area contributed by atoms with Crippen LogP contribution in [-0.4, -0.2) is 31.1 Å². The van der Waals surface area contributed by atoms with Gasteiger partial charge in [0, 0.05) is 24.2 Å². The molecule has 0 spiro atoms. The van der Waals surface area contributed by atoms with Crippen molar-refractivity contribution in [3.63, 3.8) is 0 Å². The minimum atomic E-state index is -0.786. The first-order chi connectivity index (χ1) is 9.01. The highest BCUT2D eigenvalue weighted by atomic mass is 19.2. The van der Waals surface area contributed by atoms with Gasteiger partial charge in [-0.15, -0.1) is 0 Å². The van der Waals surface area contributed by atoms with Gasteiger partial charge in [0.15, 0.2) is 11.6 Å². The van der Waals surface area contributed by atoms with Crippen LogP contribution in [0.5, 0.6) is 0 Å². The Morgan fingerprint density at radius 1 is 1.26 bits per heavy atom. The van der Waals surface area contributed by atoms with Crippen molar-refractivity contribution in [2.24, 2.45) is 0 Å². The van der Waals surface area contributed by atoms with Crippen molar-refractivity contribution in [3.8, 4) is 0 Å². The summed E-state index contributed by atoms with van der Waals surface area (Å²) in [6, 6.07) is 4.58. The lowest BCUT2D eigenvalue weighted by molar-refractivity contribution is 0.223. The number of rotatable bonds is 7. The molecule has 0 heterocycles. The van der Waals surface area contributed by atoms with E-state index >= 15 is 0 Å². The second kappa shape index (κ2) is 7.56. The molecule has 1 aromatic carbocycles. The van der Waals surface area contributed by atoms with E-state index in [1.807, 2.05) is 14.0 Å². The second-order valence-electron chi connectivity index (χ2n) is 4.95. The van der Waals surface area contributed by atoms with Crippen molar-refractivity contribution in [1.82, 2.24) is 10.2 Å². The molecule has 1 rings (SSSR count). The highest BCUT2D eigenvalue weighted by Gasteiger charge is 2.20. The van der Waals surface area contributed by atoms with E-state index in [0.29, 0.717) is 18.2 Å². The predicted molar refractivity (Wildman–Crippen MR) is 75.2 cm³/mol. The minimum Gasteiger partial charge on any atom is -0.309 e. The maximum absolute atomic E-state index is 13.9. The van der Waals surface area contributed by atoms with Crippen LogP contribution >= 0.6 is 0 Å². The number of nitrogens with one attached hydrogen (secondary N) is 1. The first-order valence-corrected chi connectivity index (χ1v) is 6.88. The van der Waals surface area contributed by atoms with Gasteiger partial charge in [0.25, 0.3) is 0 Å². The zero-order valence-electron chi connectivity index (χ0n) is 12.2. The van der Waals surface area contributed by atoms with E-state index in [1.165, 1.54) is 0 Å². The second-order valence-corrected chi connectivity index (χ2v) is 4.95. The van der Waals surface area contributed by atoms with E-state index in [2.05, 4.69) is 24.1 Å². The van der Waals surface area contributed by atoms with Crippen molar-refractivity contribution < 1.29 is 8.78 Å². The SMILES string of the molecule is CCNC(CN(C)C(C)CC)c1cccc(F)c1F. The average molecular weight is 270 g/mol. The molecule has 2 unspecified atom stereocenters. The average Bonchev–Trinajstić information content (AvgIpc) is 2.40. The fourth-order valence-electron chi connectivity index (χ4n) is 2.09. The lowest BCUT2D eigenvalue weighted by atomic mass is 10.0. The van der Waals surface area contributed by atoms with Crippen molar-refractivity contribution in [1.29, 1.82) is 0 Å². The smallest absolute Gasteiger partial charge is 0.163 e. The van der Waals surface area contributed by atoms with Gasteiger partial charge in [-0.2, -0.15) is 0 Å². The first kappa shape index (κ1) is 16.1. The van der Waals surface area contributed by atoms with E-state index < -0.39 is 11.6 Å². The van der Waals surface area contributed by atoms with Crippen LogP contribution in [0.3, 0.4) is 0 Å². The summed E-state index contributed by atoms with van der Waals surface area (Å²) < 4.78 is 27.2. The lowest BCUT2D eigenvalue weighted by Crippen LogP contribution is -2.38. The molecule has 1 aromatic rings. The van der Waals surface area contributed by atoms with Gasteiger partial charge < -0.3 is 10.2 Å². The van der Waals surface area contributed by atoms with E-state index in [0.717, 1.165) is 19.0 Å². The summed E-state index contributed by atoms with van der Waals surface area (Å²) in [6.45, 7) is 7.59. The summed E-state index contributed by atoms with van der Waals surface area (Å²) in [7, 11) is 2.01. The number of halogens is 2. The predicted octanol–water partition coefficient (Wildman–Crippen LogP) is 3.35. The van der Waals surface area contributed by atoms with Crippen molar-refractivity contribution in [2.45, 2.75) is 39.3 Å². The summed E-state index contributed by atoms with van der Waals surface area (Å²) in [5, 5.41) is 3.23. The molecule has 2 atom stereocenters. The van der Waals surface area contributed by atoms with Crippen LogP contribution in [-0.2, 0) is 0 Å². The van der Waals surface area contributed by atoms with E-state index in [1.54, 1.807) is 12.1 Å². The molecule has 0 amide bonds. The Morgan fingerprint density at radius 2 is 1.95 bits per heavy atom. The molecule has 0 aliphatic carbocycles. The number of benzene rings is 1. The van der Waals surface area contributed by atoms with Gasteiger partial charge in [-0.25, -0.2) is 8.78 Å². The molecule has 0 aliphatic rings. The van der Waals surface area contributed by atoms with Gasteiger partial charge in [-0.3, -0.25) is 0 Å². The summed E-state index contributed by atoms with van der Waals surface area (Å²) in [5.41, 5.74) is 0.400. The Bertz CT molecular complexity index is 396. The maximum Gasteiger partial charge on any atom is 0.163 e. The summed E-state index contributed by atoms with van der Waals surface area (Å²) in [6.07, 6.45) is 1.03. The Balaban J connectivity index is 2.91. The van der Waals surface area contributed by atoms with Gasteiger partial charge >= 0.3 is 0 Å². The minimum absolute atomic E-state index is 0.195. The maximum atomic E-state index is 13.9. The molecule has 0 radical (unpaired) electrons. The van der Waals surface area contributed by atoms with Crippen LogP contribution < -0.4 is 5.32 Å². The standard InChI is InChI=1S/C15H24F2N2/c1-5-11(3)19(4)10-14(18-6-2)12-8-7-9-13(16)15(12)17/h7-9,11,14,18H,5-6,10H2,1-4H3. The third-order valence-electron chi connectivity index (χ3n) is 3.62. The molecule has 0 saturated heterocycles. The van der Waals surface area contributed by atoms with Crippen LogP contribution in [0.2, 0.25) is 0 Å². The van der Waals surface area contributed by atoms with Crippen LogP contribution in [0.15, 0.2) is 18.2 Å². The van der Waals surface area contributed by atoms with Gasteiger partial charge in [-0.1, -0.05) is 26.0 Å². The number of nitrogens with zero attached hydrogens (tertiary/aromatic N) is 1. The fraction of sp³-hybridized carbons (Fsp3) is 0.600. The van der Waals surface area contributed by atoms with Crippen molar-refractivity contribution in [2.75, 3.05) is 20.1 Å². The van der Waals surface area contributed by atoms with Gasteiger partial charge in [0.05, 0.1) is 0 Å². The zero-order chi connectivity index (χ0) is 14.4. The number of hydrogen-bond acceptors (Lipinski definition) is 2. The molecular weight excluding hydrogens is 246 g/mol. The van der Waals surface area contributed by atoms with Crippen molar-refractivity contribution >= 4 is 0 Å². The Hall–Kier alpha value is -1.00. The molecule has 1 N–H and O–H groups in total. The Kier molecular flexibility index (Phi) is 6.38. The molecule has 19 heavy (non-hydrogen) atoms. The third kappa shape index (κ3) is 4.25. The Morgan fingerprint density at radius 3 is 2.53 bits per heavy atom. The van der Waals surface area contributed by atoms with Crippen molar-refractivity contribution in [3.05, 3.63) is 35.4 Å². The van der Waals surface area contributed by atoms with Crippen LogP contribution in [0.4, 0.5) is 8.78 Å². The van der Waals surface area contributed by atoms with Gasteiger partial charge in [0.2, 0.25) is 0 Å². The van der Waals surface area contributed by atoms with E-state index in [9.17, 15) is 8.78 Å².